The molecule has 2 aromatic rings. The maximum absolute atomic E-state index is 14.3. The Morgan fingerprint density at radius 2 is 1.70 bits per heavy atom. The number of carboxylic acids is 1. The lowest BCUT2D eigenvalue weighted by molar-refractivity contribution is -0.124. The first-order valence-corrected chi connectivity index (χ1v) is 17.9. The van der Waals surface area contributed by atoms with Gasteiger partial charge >= 0.3 is 5.97 Å². The van der Waals surface area contributed by atoms with E-state index in [2.05, 4.69) is 28.6 Å². The summed E-state index contributed by atoms with van der Waals surface area (Å²) in [5.74, 6) is 6.28. The number of aromatic nitrogens is 1. The fourth-order valence-electron chi connectivity index (χ4n) is 6.95. The van der Waals surface area contributed by atoms with E-state index in [9.17, 15) is 19.5 Å². The molecule has 0 aromatic carbocycles. The van der Waals surface area contributed by atoms with Gasteiger partial charge in [0.1, 0.15) is 11.0 Å². The molecule has 1 N–H and O–H groups in total. The summed E-state index contributed by atoms with van der Waals surface area (Å²) in [5.41, 5.74) is 0.816. The molecule has 2 saturated carbocycles. The number of aromatic carboxylic acids is 1. The lowest BCUT2D eigenvalue weighted by Crippen LogP contribution is -2.47. The van der Waals surface area contributed by atoms with Gasteiger partial charge in [-0.3, -0.25) is 9.59 Å². The van der Waals surface area contributed by atoms with Crippen molar-refractivity contribution in [2.24, 2.45) is 17.3 Å². The SMILES string of the molecule is CC1CCC(C(=O)N(c2cc(C#CC(C)(C)C)sc2C(=O)O)C2CCC(Oc3cc(C(=O)N4CCC(N(C)C)C4)ccn3)CC2)CC1. The van der Waals surface area contributed by atoms with Crippen molar-refractivity contribution in [2.75, 3.05) is 32.1 Å². The molecule has 3 heterocycles. The standard InChI is InChI=1S/C37H50N4O5S/c1-24-7-9-25(10-8-24)35(43)41(31-22-30(15-18-37(2,3)4)47-33(31)36(44)45)27-11-13-29(14-12-27)46-32-21-26(16-19-38-32)34(42)40-20-17-28(23-40)39(5)6/h16,19,21-22,24-25,27-29H,7-14,17,20,23H2,1-6H3,(H,44,45). The van der Waals surface area contributed by atoms with Gasteiger partial charge in [0.2, 0.25) is 11.8 Å². The highest BCUT2D eigenvalue weighted by Gasteiger charge is 2.38. The predicted molar refractivity (Wildman–Crippen MR) is 185 cm³/mol. The third kappa shape index (κ3) is 8.74. The number of hydrogen-bond acceptors (Lipinski definition) is 7. The second kappa shape index (κ2) is 14.8. The van der Waals surface area contributed by atoms with Crippen molar-refractivity contribution in [1.29, 1.82) is 0 Å². The van der Waals surface area contributed by atoms with Gasteiger partial charge in [-0.15, -0.1) is 11.3 Å². The van der Waals surface area contributed by atoms with Crippen molar-refractivity contribution in [1.82, 2.24) is 14.8 Å². The monoisotopic (exact) mass is 662 g/mol. The molecule has 1 aliphatic heterocycles. The molecule has 0 radical (unpaired) electrons. The van der Waals surface area contributed by atoms with Crippen molar-refractivity contribution in [3.05, 3.63) is 39.7 Å². The Hall–Kier alpha value is -3.42. The molecule has 254 valence electrons. The summed E-state index contributed by atoms with van der Waals surface area (Å²) < 4.78 is 6.32. The van der Waals surface area contributed by atoms with Crippen LogP contribution in [-0.4, -0.2) is 83.0 Å². The minimum absolute atomic E-state index is 0.00637. The Labute approximate surface area is 283 Å². The van der Waals surface area contributed by atoms with Crippen molar-refractivity contribution >= 4 is 34.8 Å². The third-order valence-corrected chi connectivity index (χ3v) is 10.8. The van der Waals surface area contributed by atoms with E-state index in [4.69, 9.17) is 4.74 Å². The van der Waals surface area contributed by atoms with Crippen molar-refractivity contribution < 1.29 is 24.2 Å². The van der Waals surface area contributed by atoms with E-state index in [-0.39, 0.29) is 40.2 Å². The molecule has 2 amide bonds. The Morgan fingerprint density at radius 1 is 1.00 bits per heavy atom. The number of hydrogen-bond donors (Lipinski definition) is 1. The second-order valence-corrected chi connectivity index (χ2v) is 15.9. The Morgan fingerprint density at radius 3 is 2.32 bits per heavy atom. The molecule has 1 saturated heterocycles. The lowest BCUT2D eigenvalue weighted by Gasteiger charge is -2.39. The van der Waals surface area contributed by atoms with Crippen LogP contribution in [-0.2, 0) is 4.79 Å². The number of pyridine rings is 1. The van der Waals surface area contributed by atoms with Gasteiger partial charge in [-0.1, -0.05) is 18.8 Å². The summed E-state index contributed by atoms with van der Waals surface area (Å²) in [6.45, 7) is 9.73. The molecule has 1 unspecified atom stereocenters. The number of likely N-dealkylation sites (tertiary alicyclic amines) is 1. The van der Waals surface area contributed by atoms with Gasteiger partial charge in [0.15, 0.2) is 0 Å². The van der Waals surface area contributed by atoms with Gasteiger partial charge in [0.25, 0.3) is 5.91 Å². The van der Waals surface area contributed by atoms with E-state index >= 15 is 0 Å². The number of nitrogens with zero attached hydrogens (tertiary/aromatic N) is 4. The van der Waals surface area contributed by atoms with Crippen LogP contribution in [0.25, 0.3) is 0 Å². The van der Waals surface area contributed by atoms with E-state index in [1.54, 1.807) is 18.3 Å². The van der Waals surface area contributed by atoms with Crippen LogP contribution in [0.4, 0.5) is 5.69 Å². The Kier molecular flexibility index (Phi) is 11.0. The fraction of sp³-hybridized carbons (Fsp3) is 0.622. The normalized spacial score (nSPS) is 24.8. The molecule has 2 aromatic heterocycles. The molecule has 0 spiro atoms. The van der Waals surface area contributed by atoms with Crippen molar-refractivity contribution in [3.63, 3.8) is 0 Å². The van der Waals surface area contributed by atoms with Crippen LogP contribution in [0.2, 0.25) is 0 Å². The number of likely N-dealkylation sites (N-methyl/N-ethyl adjacent to an activating group) is 1. The number of carboxylic acid groups (broad SMARTS) is 1. The summed E-state index contributed by atoms with van der Waals surface area (Å²) in [6.07, 6.45) is 8.87. The first kappa shape index (κ1) is 34.9. The molecular weight excluding hydrogens is 612 g/mol. The number of carbonyl (C=O) groups excluding carboxylic acids is 2. The Balaban J connectivity index is 1.31. The molecule has 47 heavy (non-hydrogen) atoms. The molecule has 3 aliphatic rings. The number of anilines is 1. The van der Waals surface area contributed by atoms with E-state index < -0.39 is 5.97 Å². The maximum Gasteiger partial charge on any atom is 0.348 e. The highest BCUT2D eigenvalue weighted by atomic mass is 32.1. The zero-order chi connectivity index (χ0) is 33.9. The van der Waals surface area contributed by atoms with Gasteiger partial charge in [-0.05, 0) is 111 Å². The van der Waals surface area contributed by atoms with Gasteiger partial charge < -0.3 is 24.5 Å². The lowest BCUT2D eigenvalue weighted by atomic mass is 9.81. The molecule has 9 nitrogen and oxygen atoms in total. The first-order chi connectivity index (χ1) is 22.3. The van der Waals surface area contributed by atoms with Crippen LogP contribution in [0.5, 0.6) is 5.88 Å². The van der Waals surface area contributed by atoms with E-state index in [0.29, 0.717) is 66.2 Å². The molecule has 0 bridgehead atoms. The summed E-state index contributed by atoms with van der Waals surface area (Å²) >= 11 is 1.15. The zero-order valence-electron chi connectivity index (χ0n) is 28.8. The third-order valence-electron chi connectivity index (χ3n) is 9.79. The highest BCUT2D eigenvalue weighted by Crippen LogP contribution is 2.39. The van der Waals surface area contributed by atoms with Crippen molar-refractivity contribution in [3.8, 4) is 17.7 Å². The van der Waals surface area contributed by atoms with Crippen LogP contribution >= 0.6 is 11.3 Å². The zero-order valence-corrected chi connectivity index (χ0v) is 29.6. The number of carbonyl (C=O) groups is 3. The quantitative estimate of drug-likeness (QED) is 0.319. The first-order valence-electron chi connectivity index (χ1n) is 17.1. The van der Waals surface area contributed by atoms with Gasteiger partial charge in [0, 0.05) is 54.3 Å². The molecule has 10 heteroatoms. The van der Waals surface area contributed by atoms with Gasteiger partial charge in [0.05, 0.1) is 10.6 Å². The topological polar surface area (TPSA) is 103 Å². The average Bonchev–Trinajstić information content (AvgIpc) is 3.69. The maximum atomic E-state index is 14.3. The smallest absolute Gasteiger partial charge is 0.348 e. The van der Waals surface area contributed by atoms with E-state index in [1.807, 2.05) is 50.7 Å². The fourth-order valence-corrected chi connectivity index (χ4v) is 7.79. The van der Waals surface area contributed by atoms with E-state index in [1.165, 1.54) is 0 Å². The number of amides is 2. The highest BCUT2D eigenvalue weighted by molar-refractivity contribution is 7.15. The van der Waals surface area contributed by atoms with E-state index in [0.717, 1.165) is 50.0 Å². The summed E-state index contributed by atoms with van der Waals surface area (Å²) in [7, 11) is 4.09. The predicted octanol–water partition coefficient (Wildman–Crippen LogP) is 6.56. The number of thiophene rings is 1. The average molecular weight is 663 g/mol. The van der Waals surface area contributed by atoms with Crippen LogP contribution in [0.15, 0.2) is 24.4 Å². The number of rotatable bonds is 8. The van der Waals surface area contributed by atoms with Crippen LogP contribution in [0.1, 0.15) is 110 Å². The van der Waals surface area contributed by atoms with Crippen LogP contribution < -0.4 is 9.64 Å². The second-order valence-electron chi connectivity index (χ2n) is 14.9. The minimum atomic E-state index is -1.03. The Bertz CT molecular complexity index is 1500. The molecule has 3 fully saturated rings. The number of ether oxygens (including phenoxy) is 1. The summed E-state index contributed by atoms with van der Waals surface area (Å²) in [5, 5.41) is 10.2. The van der Waals surface area contributed by atoms with Crippen LogP contribution in [0.3, 0.4) is 0 Å². The summed E-state index contributed by atoms with van der Waals surface area (Å²) in [4.78, 5) is 51.1. The largest absolute Gasteiger partial charge is 0.477 e. The molecule has 5 rings (SSSR count). The molecule has 2 aliphatic carbocycles. The minimum Gasteiger partial charge on any atom is -0.477 e. The van der Waals surface area contributed by atoms with Crippen LogP contribution in [0, 0.1) is 29.1 Å². The molecular formula is C37H50N4O5S. The molecule has 1 atom stereocenters. The van der Waals surface area contributed by atoms with Gasteiger partial charge in [-0.25, -0.2) is 9.78 Å². The van der Waals surface area contributed by atoms with Crippen molar-refractivity contribution in [2.45, 2.75) is 104 Å². The van der Waals surface area contributed by atoms with Gasteiger partial charge in [-0.2, -0.15) is 0 Å². The summed E-state index contributed by atoms with van der Waals surface area (Å²) in [6, 6.07) is 5.52.